The smallest absolute Gasteiger partial charge is 0.272 e. The fourth-order valence-electron chi connectivity index (χ4n) is 1.17. The predicted molar refractivity (Wildman–Crippen MR) is 52.6 cm³/mol. The van der Waals surface area contributed by atoms with Gasteiger partial charge in [-0.1, -0.05) is 18.2 Å². The van der Waals surface area contributed by atoms with Gasteiger partial charge in [-0.3, -0.25) is 14.7 Å². The van der Waals surface area contributed by atoms with E-state index in [1.54, 1.807) is 6.07 Å². The minimum Gasteiger partial charge on any atom is -0.756 e. The van der Waals surface area contributed by atoms with Crippen molar-refractivity contribution in [3.05, 3.63) is 39.9 Å². The molecular weight excluding hydrogens is 237 g/mol. The number of rotatable bonds is 5. The molecular formula is C8H9NO6P-. The molecule has 16 heavy (non-hydrogen) atoms. The number of phosphoric acid groups is 1. The number of hydrogen-bond acceptors (Lipinski definition) is 5. The Balaban J connectivity index is 2.67. The molecule has 0 aliphatic heterocycles. The minimum atomic E-state index is -4.76. The number of phosphoric ester groups is 1. The fourth-order valence-corrected chi connectivity index (χ4v) is 1.49. The van der Waals surface area contributed by atoms with Crippen LogP contribution in [-0.2, 0) is 15.5 Å². The summed E-state index contributed by atoms with van der Waals surface area (Å²) < 4.78 is 14.4. The Morgan fingerprint density at radius 1 is 1.44 bits per heavy atom. The Labute approximate surface area is 91.1 Å². The van der Waals surface area contributed by atoms with E-state index >= 15 is 0 Å². The highest BCUT2D eigenvalue weighted by atomic mass is 31.2. The van der Waals surface area contributed by atoms with Crippen LogP contribution in [0.2, 0.25) is 0 Å². The van der Waals surface area contributed by atoms with Crippen LogP contribution in [-0.4, -0.2) is 16.4 Å². The first-order chi connectivity index (χ1) is 7.40. The second kappa shape index (κ2) is 5.18. The van der Waals surface area contributed by atoms with Gasteiger partial charge in [0.15, 0.2) is 0 Å². The van der Waals surface area contributed by atoms with Crippen LogP contribution >= 0.6 is 7.82 Å². The molecule has 8 heteroatoms. The average molecular weight is 246 g/mol. The van der Waals surface area contributed by atoms with Gasteiger partial charge in [0.05, 0.1) is 11.5 Å². The third-order valence-electron chi connectivity index (χ3n) is 1.81. The van der Waals surface area contributed by atoms with E-state index in [4.69, 9.17) is 4.89 Å². The molecule has 1 N–H and O–H groups in total. The first-order valence-corrected chi connectivity index (χ1v) is 5.80. The fraction of sp³-hybridized carbons (Fsp3) is 0.250. The molecule has 7 nitrogen and oxygen atoms in total. The molecule has 1 unspecified atom stereocenters. The van der Waals surface area contributed by atoms with Crippen molar-refractivity contribution in [2.75, 3.05) is 6.61 Å². The summed E-state index contributed by atoms with van der Waals surface area (Å²) in [6, 6.07) is 5.91. The van der Waals surface area contributed by atoms with E-state index in [9.17, 15) is 19.6 Å². The lowest BCUT2D eigenvalue weighted by Crippen LogP contribution is -2.06. The van der Waals surface area contributed by atoms with E-state index in [2.05, 4.69) is 4.52 Å². The van der Waals surface area contributed by atoms with E-state index in [1.807, 2.05) is 0 Å². The standard InChI is InChI=1S/C8H10NO6P/c10-9(11)8-4-2-1-3-7(8)5-6-15-16(12,13)14/h1-4H,5-6H2,(H2,12,13,14)/p-1. The number of nitro groups is 1. The molecule has 1 rings (SSSR count). The molecule has 0 bridgehead atoms. The molecule has 0 aromatic heterocycles. The number of para-hydroxylation sites is 1. The summed E-state index contributed by atoms with van der Waals surface area (Å²) in [7, 11) is -4.76. The van der Waals surface area contributed by atoms with Crippen molar-refractivity contribution in [3.63, 3.8) is 0 Å². The first kappa shape index (κ1) is 12.8. The SMILES string of the molecule is O=[N+]([O-])c1ccccc1CCOP(=O)([O-])O. The van der Waals surface area contributed by atoms with Crippen LogP contribution in [0.25, 0.3) is 0 Å². The van der Waals surface area contributed by atoms with Crippen LogP contribution in [0.5, 0.6) is 0 Å². The number of nitrogens with zero attached hydrogens (tertiary/aromatic N) is 1. The average Bonchev–Trinajstić information content (AvgIpc) is 2.16. The van der Waals surface area contributed by atoms with Crippen LogP contribution in [0.15, 0.2) is 24.3 Å². The van der Waals surface area contributed by atoms with E-state index < -0.39 is 12.7 Å². The topological polar surface area (TPSA) is 113 Å². The minimum absolute atomic E-state index is 0.0317. The quantitative estimate of drug-likeness (QED) is 0.462. The Kier molecular flexibility index (Phi) is 4.14. The third-order valence-corrected chi connectivity index (χ3v) is 2.32. The molecule has 0 aliphatic rings. The van der Waals surface area contributed by atoms with Crippen molar-refractivity contribution in [1.82, 2.24) is 0 Å². The van der Waals surface area contributed by atoms with Crippen molar-refractivity contribution < 1.29 is 23.8 Å². The second-order valence-corrected chi connectivity index (χ2v) is 4.13. The van der Waals surface area contributed by atoms with Gasteiger partial charge in [0.25, 0.3) is 13.5 Å². The maximum atomic E-state index is 10.6. The summed E-state index contributed by atoms with van der Waals surface area (Å²) in [5.41, 5.74) is 0.241. The van der Waals surface area contributed by atoms with Crippen molar-refractivity contribution in [1.29, 1.82) is 0 Å². The predicted octanol–water partition coefficient (Wildman–Crippen LogP) is 0.615. The molecule has 0 aliphatic carbocycles. The summed E-state index contributed by atoms with van der Waals surface area (Å²) >= 11 is 0. The highest BCUT2D eigenvalue weighted by molar-refractivity contribution is 7.44. The molecule has 0 saturated heterocycles. The van der Waals surface area contributed by atoms with Gasteiger partial charge in [0.2, 0.25) is 0 Å². The van der Waals surface area contributed by atoms with Crippen molar-refractivity contribution in [2.45, 2.75) is 6.42 Å². The molecule has 0 spiro atoms. The number of nitro benzene ring substituents is 1. The monoisotopic (exact) mass is 246 g/mol. The zero-order valence-electron chi connectivity index (χ0n) is 8.11. The molecule has 0 fully saturated rings. The summed E-state index contributed by atoms with van der Waals surface area (Å²) in [4.78, 5) is 28.6. The molecule has 88 valence electrons. The van der Waals surface area contributed by atoms with Crippen molar-refractivity contribution in [2.24, 2.45) is 0 Å². The highest BCUT2D eigenvalue weighted by Gasteiger charge is 2.12. The number of benzene rings is 1. The molecule has 1 atom stereocenters. The van der Waals surface area contributed by atoms with E-state index in [1.165, 1.54) is 18.2 Å². The van der Waals surface area contributed by atoms with Crippen LogP contribution in [0.3, 0.4) is 0 Å². The summed E-state index contributed by atoms with van der Waals surface area (Å²) in [6.45, 7) is -0.331. The van der Waals surface area contributed by atoms with E-state index in [0.717, 1.165) is 0 Å². The summed E-state index contributed by atoms with van der Waals surface area (Å²) in [5, 5.41) is 10.6. The lowest BCUT2D eigenvalue weighted by atomic mass is 10.1. The molecule has 1 aromatic rings. The number of hydrogen-bond donors (Lipinski definition) is 1. The van der Waals surface area contributed by atoms with Crippen LogP contribution in [0.1, 0.15) is 5.56 Å². The van der Waals surface area contributed by atoms with E-state index in [0.29, 0.717) is 5.56 Å². The maximum absolute atomic E-state index is 10.6. The Morgan fingerprint density at radius 3 is 2.62 bits per heavy atom. The Bertz CT molecular complexity index is 428. The van der Waals surface area contributed by atoms with Gasteiger partial charge in [0.1, 0.15) is 0 Å². The van der Waals surface area contributed by atoms with Crippen LogP contribution < -0.4 is 4.89 Å². The normalized spacial score (nSPS) is 14.4. The van der Waals surface area contributed by atoms with Crippen LogP contribution in [0, 0.1) is 10.1 Å². The Hall–Kier alpha value is -1.27. The molecule has 0 heterocycles. The van der Waals surface area contributed by atoms with Gasteiger partial charge in [-0.05, 0) is 0 Å². The molecule has 0 amide bonds. The molecule has 1 aromatic carbocycles. The van der Waals surface area contributed by atoms with Gasteiger partial charge in [-0.25, -0.2) is 0 Å². The van der Waals surface area contributed by atoms with Gasteiger partial charge < -0.3 is 14.3 Å². The second-order valence-electron chi connectivity index (χ2n) is 2.94. The lowest BCUT2D eigenvalue weighted by molar-refractivity contribution is -0.385. The van der Waals surface area contributed by atoms with Crippen molar-refractivity contribution in [3.8, 4) is 0 Å². The third kappa shape index (κ3) is 4.08. The van der Waals surface area contributed by atoms with Gasteiger partial charge in [-0.2, -0.15) is 0 Å². The van der Waals surface area contributed by atoms with Crippen molar-refractivity contribution >= 4 is 13.5 Å². The van der Waals surface area contributed by atoms with Gasteiger partial charge in [-0.15, -0.1) is 0 Å². The maximum Gasteiger partial charge on any atom is 0.272 e. The van der Waals surface area contributed by atoms with Crippen LogP contribution in [0.4, 0.5) is 5.69 Å². The summed E-state index contributed by atoms with van der Waals surface area (Å²) in [5.74, 6) is 0. The zero-order valence-corrected chi connectivity index (χ0v) is 9.00. The largest absolute Gasteiger partial charge is 0.756 e. The molecule has 0 radical (unpaired) electrons. The van der Waals surface area contributed by atoms with Gasteiger partial charge >= 0.3 is 0 Å². The Morgan fingerprint density at radius 2 is 2.06 bits per heavy atom. The highest BCUT2D eigenvalue weighted by Crippen LogP contribution is 2.30. The zero-order chi connectivity index (χ0) is 12.2. The summed E-state index contributed by atoms with van der Waals surface area (Å²) in [6.07, 6.45) is 0.0317. The first-order valence-electron chi connectivity index (χ1n) is 4.31. The van der Waals surface area contributed by atoms with Gasteiger partial charge in [0, 0.05) is 18.1 Å². The van der Waals surface area contributed by atoms with E-state index in [-0.39, 0.29) is 18.7 Å². The lowest BCUT2D eigenvalue weighted by Gasteiger charge is -2.15. The molecule has 0 saturated carbocycles.